The molecule has 0 saturated carbocycles. The second kappa shape index (κ2) is 6.08. The highest BCUT2D eigenvalue weighted by atomic mass is 79.9. The van der Waals surface area contributed by atoms with Gasteiger partial charge in [0.2, 0.25) is 6.41 Å². The summed E-state index contributed by atoms with van der Waals surface area (Å²) in [5.74, 6) is -0.0204. The SMILES string of the molecule is CCc1nc2ccc(Br)cn2c1C(=O)N1CCN(C=O)CC1. The first-order valence-electron chi connectivity index (χ1n) is 7.29. The van der Waals surface area contributed by atoms with E-state index in [1.807, 2.05) is 29.7 Å². The van der Waals surface area contributed by atoms with Gasteiger partial charge in [-0.25, -0.2) is 4.98 Å². The lowest BCUT2D eigenvalue weighted by Gasteiger charge is -2.32. The fraction of sp³-hybridized carbons (Fsp3) is 0.400. The van der Waals surface area contributed by atoms with Crippen molar-refractivity contribution >= 4 is 33.9 Å². The topological polar surface area (TPSA) is 57.9 Å². The zero-order valence-corrected chi connectivity index (χ0v) is 13.9. The Bertz CT molecular complexity index is 720. The molecule has 1 aliphatic rings. The van der Waals surface area contributed by atoms with Crippen LogP contribution in [0.5, 0.6) is 0 Å². The number of hydrogen-bond acceptors (Lipinski definition) is 3. The first kappa shape index (κ1) is 15.0. The number of halogens is 1. The summed E-state index contributed by atoms with van der Waals surface area (Å²) in [6.07, 6.45) is 3.41. The molecule has 0 radical (unpaired) electrons. The van der Waals surface area contributed by atoms with Crippen molar-refractivity contribution in [3.05, 3.63) is 34.2 Å². The lowest BCUT2D eigenvalue weighted by Crippen LogP contribution is -2.48. The van der Waals surface area contributed by atoms with Crippen LogP contribution in [-0.4, -0.2) is 57.7 Å². The van der Waals surface area contributed by atoms with Gasteiger partial charge >= 0.3 is 0 Å². The van der Waals surface area contributed by atoms with Gasteiger partial charge < -0.3 is 9.80 Å². The van der Waals surface area contributed by atoms with E-state index >= 15 is 0 Å². The van der Waals surface area contributed by atoms with E-state index in [4.69, 9.17) is 0 Å². The van der Waals surface area contributed by atoms with Crippen molar-refractivity contribution in [2.75, 3.05) is 26.2 Å². The molecule has 3 heterocycles. The Morgan fingerprint density at radius 3 is 2.68 bits per heavy atom. The summed E-state index contributed by atoms with van der Waals surface area (Å²) in [7, 11) is 0. The number of pyridine rings is 1. The molecule has 6 nitrogen and oxygen atoms in total. The summed E-state index contributed by atoms with van der Waals surface area (Å²) < 4.78 is 2.75. The molecule has 116 valence electrons. The van der Waals surface area contributed by atoms with Crippen molar-refractivity contribution in [3.8, 4) is 0 Å². The maximum atomic E-state index is 12.9. The molecular weight excluding hydrogens is 348 g/mol. The summed E-state index contributed by atoms with van der Waals surface area (Å²) in [4.78, 5) is 31.7. The molecule has 22 heavy (non-hydrogen) atoms. The maximum Gasteiger partial charge on any atom is 0.272 e. The normalized spacial score (nSPS) is 15.4. The molecule has 0 unspecified atom stereocenters. The Balaban J connectivity index is 1.96. The standard InChI is InChI=1S/C15H17BrN4O2/c1-2-12-14(20-9-11(16)3-4-13(20)17-12)15(22)19-7-5-18(10-21)6-8-19/h3-4,9-10H,2,5-8H2,1H3. The smallest absolute Gasteiger partial charge is 0.272 e. The number of aromatic nitrogens is 2. The van der Waals surface area contributed by atoms with Crippen LogP contribution in [0.1, 0.15) is 23.1 Å². The van der Waals surface area contributed by atoms with Crippen LogP contribution in [0, 0.1) is 0 Å². The lowest BCUT2D eigenvalue weighted by molar-refractivity contribution is -0.119. The van der Waals surface area contributed by atoms with Crippen LogP contribution in [0.3, 0.4) is 0 Å². The highest BCUT2D eigenvalue weighted by Gasteiger charge is 2.26. The molecular formula is C15H17BrN4O2. The molecule has 1 fully saturated rings. The predicted octanol–water partition coefficient (Wildman–Crippen LogP) is 1.57. The van der Waals surface area contributed by atoms with Gasteiger partial charge in [-0.1, -0.05) is 6.92 Å². The minimum absolute atomic E-state index is 0.0204. The van der Waals surface area contributed by atoms with Gasteiger partial charge in [-0.2, -0.15) is 0 Å². The van der Waals surface area contributed by atoms with Crippen molar-refractivity contribution in [2.45, 2.75) is 13.3 Å². The third kappa shape index (κ3) is 2.61. The number of nitrogens with zero attached hydrogens (tertiary/aromatic N) is 4. The van der Waals surface area contributed by atoms with Gasteiger partial charge in [0.05, 0.1) is 5.69 Å². The Morgan fingerprint density at radius 1 is 1.32 bits per heavy atom. The largest absolute Gasteiger partial charge is 0.342 e. The van der Waals surface area contributed by atoms with Crippen LogP contribution in [0.4, 0.5) is 0 Å². The van der Waals surface area contributed by atoms with Gasteiger partial charge in [0.15, 0.2) is 0 Å². The lowest BCUT2D eigenvalue weighted by atomic mass is 10.2. The van der Waals surface area contributed by atoms with Crippen LogP contribution in [0.15, 0.2) is 22.8 Å². The fourth-order valence-corrected chi connectivity index (χ4v) is 3.06. The van der Waals surface area contributed by atoms with Crippen LogP contribution < -0.4 is 0 Å². The number of piperazine rings is 1. The van der Waals surface area contributed by atoms with E-state index in [-0.39, 0.29) is 5.91 Å². The van der Waals surface area contributed by atoms with E-state index in [0.29, 0.717) is 38.3 Å². The average molecular weight is 365 g/mol. The van der Waals surface area contributed by atoms with E-state index in [9.17, 15) is 9.59 Å². The maximum absolute atomic E-state index is 12.9. The quantitative estimate of drug-likeness (QED) is 0.776. The molecule has 0 aromatic carbocycles. The molecule has 1 aliphatic heterocycles. The van der Waals surface area contributed by atoms with Crippen molar-refractivity contribution < 1.29 is 9.59 Å². The second-order valence-electron chi connectivity index (χ2n) is 5.27. The number of carbonyl (C=O) groups excluding carboxylic acids is 2. The molecule has 0 bridgehead atoms. The molecule has 0 aliphatic carbocycles. The van der Waals surface area contributed by atoms with Gasteiger partial charge in [0.1, 0.15) is 11.3 Å². The van der Waals surface area contributed by atoms with Gasteiger partial charge in [0.25, 0.3) is 5.91 Å². The number of carbonyl (C=O) groups is 2. The Hall–Kier alpha value is -1.89. The van der Waals surface area contributed by atoms with Gasteiger partial charge in [-0.05, 0) is 34.5 Å². The van der Waals surface area contributed by atoms with Crippen molar-refractivity contribution in [1.29, 1.82) is 0 Å². The number of hydrogen-bond donors (Lipinski definition) is 0. The molecule has 0 N–H and O–H groups in total. The Kier molecular flexibility index (Phi) is 4.15. The molecule has 1 saturated heterocycles. The number of fused-ring (bicyclic) bond motifs is 1. The van der Waals surface area contributed by atoms with Crippen LogP contribution >= 0.6 is 15.9 Å². The van der Waals surface area contributed by atoms with E-state index in [2.05, 4.69) is 20.9 Å². The Labute approximate surface area is 136 Å². The van der Waals surface area contributed by atoms with Crippen molar-refractivity contribution in [1.82, 2.24) is 19.2 Å². The summed E-state index contributed by atoms with van der Waals surface area (Å²) in [5, 5.41) is 0. The first-order valence-corrected chi connectivity index (χ1v) is 8.08. The molecule has 2 aromatic rings. The predicted molar refractivity (Wildman–Crippen MR) is 85.8 cm³/mol. The zero-order chi connectivity index (χ0) is 15.7. The second-order valence-corrected chi connectivity index (χ2v) is 6.19. The van der Waals surface area contributed by atoms with Crippen LogP contribution in [0.25, 0.3) is 5.65 Å². The summed E-state index contributed by atoms with van der Waals surface area (Å²) in [5.41, 5.74) is 2.20. The van der Waals surface area contributed by atoms with Crippen molar-refractivity contribution in [3.63, 3.8) is 0 Å². The van der Waals surface area contributed by atoms with E-state index in [1.54, 1.807) is 9.80 Å². The minimum Gasteiger partial charge on any atom is -0.342 e. The third-order valence-electron chi connectivity index (χ3n) is 3.94. The monoisotopic (exact) mass is 364 g/mol. The van der Waals surface area contributed by atoms with Gasteiger partial charge in [-0.15, -0.1) is 0 Å². The number of imidazole rings is 1. The molecule has 2 amide bonds. The summed E-state index contributed by atoms with van der Waals surface area (Å²) in [6, 6.07) is 3.81. The zero-order valence-electron chi connectivity index (χ0n) is 12.3. The van der Waals surface area contributed by atoms with Gasteiger partial charge in [-0.3, -0.25) is 14.0 Å². The highest BCUT2D eigenvalue weighted by molar-refractivity contribution is 9.10. The summed E-state index contributed by atoms with van der Waals surface area (Å²) in [6.45, 7) is 4.27. The van der Waals surface area contributed by atoms with E-state index in [0.717, 1.165) is 22.2 Å². The van der Waals surface area contributed by atoms with E-state index < -0.39 is 0 Å². The molecule has 0 spiro atoms. The Morgan fingerprint density at radius 2 is 2.05 bits per heavy atom. The number of aryl methyl sites for hydroxylation is 1. The molecule has 7 heteroatoms. The fourth-order valence-electron chi connectivity index (χ4n) is 2.72. The first-order chi connectivity index (χ1) is 10.6. The van der Waals surface area contributed by atoms with Crippen molar-refractivity contribution in [2.24, 2.45) is 0 Å². The molecule has 2 aromatic heterocycles. The highest BCUT2D eigenvalue weighted by Crippen LogP contribution is 2.19. The van der Waals surface area contributed by atoms with Gasteiger partial charge in [0, 0.05) is 36.8 Å². The third-order valence-corrected chi connectivity index (χ3v) is 4.41. The average Bonchev–Trinajstić information content (AvgIpc) is 2.92. The molecule has 0 atom stereocenters. The number of amides is 2. The molecule has 3 rings (SSSR count). The minimum atomic E-state index is -0.0204. The van der Waals surface area contributed by atoms with E-state index in [1.165, 1.54) is 0 Å². The van der Waals surface area contributed by atoms with Crippen LogP contribution in [0.2, 0.25) is 0 Å². The number of rotatable bonds is 3. The van der Waals surface area contributed by atoms with Crippen LogP contribution in [-0.2, 0) is 11.2 Å². The summed E-state index contributed by atoms with van der Waals surface area (Å²) >= 11 is 3.44.